The van der Waals surface area contributed by atoms with Crippen LogP contribution in [0.25, 0.3) is 17.2 Å². The van der Waals surface area contributed by atoms with Gasteiger partial charge in [-0.2, -0.15) is 0 Å². The van der Waals surface area contributed by atoms with Crippen LogP contribution >= 0.6 is 0 Å². The second-order valence-corrected chi connectivity index (χ2v) is 5.84. The molecule has 0 aliphatic heterocycles. The largest absolute Gasteiger partial charge is 0.346 e. The van der Waals surface area contributed by atoms with Gasteiger partial charge in [-0.25, -0.2) is 0 Å². The van der Waals surface area contributed by atoms with E-state index in [1.807, 2.05) is 67.6 Å². The molecule has 0 bridgehead atoms. The number of rotatable bonds is 5. The zero-order valence-corrected chi connectivity index (χ0v) is 14.1. The van der Waals surface area contributed by atoms with Crippen molar-refractivity contribution in [3.63, 3.8) is 0 Å². The number of carbonyl (C=O) groups is 1. The fourth-order valence-corrected chi connectivity index (χ4v) is 2.61. The predicted octanol–water partition coefficient (Wildman–Crippen LogP) is 4.64. The minimum Gasteiger partial charge on any atom is -0.346 e. The Morgan fingerprint density at radius 3 is 2.48 bits per heavy atom. The summed E-state index contributed by atoms with van der Waals surface area (Å²) in [6.45, 7) is 1.99. The van der Waals surface area contributed by atoms with E-state index in [1.165, 1.54) is 0 Å². The molecule has 0 saturated heterocycles. The molecule has 0 saturated carbocycles. The lowest BCUT2D eigenvalue weighted by molar-refractivity contribution is -0.117. The van der Waals surface area contributed by atoms with E-state index in [1.54, 1.807) is 18.5 Å². The topological polar surface area (TPSA) is 42.0 Å². The van der Waals surface area contributed by atoms with E-state index in [0.29, 0.717) is 0 Å². The van der Waals surface area contributed by atoms with Gasteiger partial charge in [-0.1, -0.05) is 48.5 Å². The molecule has 1 amide bonds. The van der Waals surface area contributed by atoms with Gasteiger partial charge in [0, 0.05) is 18.5 Å². The SMILES string of the molecule is C[C@H](NC(=O)C=Cc1ccccc1)c1cccc(-c2ccncc2)c1. The minimum absolute atomic E-state index is 0.0743. The maximum Gasteiger partial charge on any atom is 0.244 e. The lowest BCUT2D eigenvalue weighted by Gasteiger charge is -2.14. The lowest BCUT2D eigenvalue weighted by atomic mass is 10.0. The van der Waals surface area contributed by atoms with E-state index in [-0.39, 0.29) is 11.9 Å². The Morgan fingerprint density at radius 2 is 1.72 bits per heavy atom. The number of hydrogen-bond acceptors (Lipinski definition) is 2. The molecule has 0 aliphatic carbocycles. The summed E-state index contributed by atoms with van der Waals surface area (Å²) in [5, 5.41) is 3.01. The number of benzene rings is 2. The van der Waals surface area contributed by atoms with Crippen LogP contribution in [0.2, 0.25) is 0 Å². The van der Waals surface area contributed by atoms with E-state index >= 15 is 0 Å². The van der Waals surface area contributed by atoms with Gasteiger partial charge in [0.05, 0.1) is 6.04 Å². The molecule has 3 heteroatoms. The highest BCUT2D eigenvalue weighted by atomic mass is 16.1. The summed E-state index contributed by atoms with van der Waals surface area (Å²) in [5.74, 6) is -0.106. The van der Waals surface area contributed by atoms with Crippen LogP contribution < -0.4 is 5.32 Å². The van der Waals surface area contributed by atoms with Crippen molar-refractivity contribution in [2.24, 2.45) is 0 Å². The molecule has 25 heavy (non-hydrogen) atoms. The van der Waals surface area contributed by atoms with Crippen molar-refractivity contribution >= 4 is 12.0 Å². The van der Waals surface area contributed by atoms with Gasteiger partial charge in [0.2, 0.25) is 5.91 Å². The summed E-state index contributed by atoms with van der Waals surface area (Å²) in [6.07, 6.45) is 6.94. The molecule has 124 valence electrons. The highest BCUT2D eigenvalue weighted by Crippen LogP contribution is 2.22. The van der Waals surface area contributed by atoms with Crippen LogP contribution in [-0.2, 0) is 4.79 Å². The summed E-state index contributed by atoms with van der Waals surface area (Å²) in [4.78, 5) is 16.2. The van der Waals surface area contributed by atoms with Gasteiger partial charge in [0.1, 0.15) is 0 Å². The van der Waals surface area contributed by atoms with Crippen LogP contribution in [0, 0.1) is 0 Å². The Kier molecular flexibility index (Phi) is 5.37. The molecule has 1 atom stereocenters. The molecule has 0 aliphatic rings. The lowest BCUT2D eigenvalue weighted by Crippen LogP contribution is -2.24. The standard InChI is InChI=1S/C22H20N2O/c1-17(24-22(25)11-10-18-6-3-2-4-7-18)20-8-5-9-21(16-20)19-12-14-23-15-13-19/h2-17H,1H3,(H,24,25)/t17-/m0/s1. The number of carbonyl (C=O) groups excluding carboxylic acids is 1. The summed E-state index contributed by atoms with van der Waals surface area (Å²) in [6, 6.07) is 21.8. The van der Waals surface area contributed by atoms with Gasteiger partial charge >= 0.3 is 0 Å². The maximum absolute atomic E-state index is 12.1. The molecule has 0 spiro atoms. The fraction of sp³-hybridized carbons (Fsp3) is 0.0909. The molecule has 3 rings (SSSR count). The third-order valence-corrected chi connectivity index (χ3v) is 3.99. The molecule has 2 aromatic carbocycles. The molecular weight excluding hydrogens is 308 g/mol. The summed E-state index contributed by atoms with van der Waals surface area (Å²) >= 11 is 0. The highest BCUT2D eigenvalue weighted by Gasteiger charge is 2.08. The van der Waals surface area contributed by atoms with Crippen molar-refractivity contribution in [1.29, 1.82) is 0 Å². The number of pyridine rings is 1. The minimum atomic E-state index is -0.106. The molecule has 0 unspecified atom stereocenters. The van der Waals surface area contributed by atoms with Gasteiger partial charge < -0.3 is 5.32 Å². The molecule has 3 aromatic rings. The molecule has 0 fully saturated rings. The number of amides is 1. The number of hydrogen-bond donors (Lipinski definition) is 1. The van der Waals surface area contributed by atoms with E-state index in [4.69, 9.17) is 0 Å². The molecule has 1 N–H and O–H groups in total. The summed E-state index contributed by atoms with van der Waals surface area (Å²) < 4.78 is 0. The molecule has 1 heterocycles. The zero-order chi connectivity index (χ0) is 17.5. The third-order valence-electron chi connectivity index (χ3n) is 3.99. The molecule has 1 aromatic heterocycles. The second kappa shape index (κ2) is 8.06. The van der Waals surface area contributed by atoms with Gasteiger partial charge in [0.15, 0.2) is 0 Å². The Bertz CT molecular complexity index is 857. The molecule has 3 nitrogen and oxygen atoms in total. The van der Waals surface area contributed by atoms with Gasteiger partial charge in [0.25, 0.3) is 0 Å². The van der Waals surface area contributed by atoms with Crippen LogP contribution in [0.15, 0.2) is 85.2 Å². The first-order chi connectivity index (χ1) is 12.2. The first-order valence-electron chi connectivity index (χ1n) is 8.26. The summed E-state index contributed by atoms with van der Waals surface area (Å²) in [7, 11) is 0. The third kappa shape index (κ3) is 4.64. The normalized spacial score (nSPS) is 12.0. The van der Waals surface area contributed by atoms with E-state index < -0.39 is 0 Å². The number of nitrogens with zero attached hydrogens (tertiary/aromatic N) is 1. The average Bonchev–Trinajstić information content (AvgIpc) is 2.68. The monoisotopic (exact) mass is 328 g/mol. The van der Waals surface area contributed by atoms with Crippen LogP contribution in [0.4, 0.5) is 0 Å². The van der Waals surface area contributed by atoms with E-state index in [2.05, 4.69) is 22.4 Å². The Balaban J connectivity index is 1.68. The van der Waals surface area contributed by atoms with Crippen LogP contribution in [-0.4, -0.2) is 10.9 Å². The second-order valence-electron chi connectivity index (χ2n) is 5.84. The van der Waals surface area contributed by atoms with E-state index in [9.17, 15) is 4.79 Å². The Hall–Kier alpha value is -3.20. The number of aromatic nitrogens is 1. The Labute approximate surface area is 148 Å². The van der Waals surface area contributed by atoms with Crippen LogP contribution in [0.3, 0.4) is 0 Å². The van der Waals surface area contributed by atoms with Gasteiger partial charge in [-0.05, 0) is 53.5 Å². The van der Waals surface area contributed by atoms with Crippen molar-refractivity contribution in [3.8, 4) is 11.1 Å². The fourth-order valence-electron chi connectivity index (χ4n) is 2.61. The van der Waals surface area contributed by atoms with Crippen LogP contribution in [0.1, 0.15) is 24.1 Å². The first kappa shape index (κ1) is 16.7. The number of nitrogens with one attached hydrogen (secondary N) is 1. The van der Waals surface area contributed by atoms with Crippen molar-refractivity contribution in [3.05, 3.63) is 96.3 Å². The smallest absolute Gasteiger partial charge is 0.244 e. The van der Waals surface area contributed by atoms with Gasteiger partial charge in [-0.15, -0.1) is 0 Å². The van der Waals surface area contributed by atoms with Crippen molar-refractivity contribution in [2.75, 3.05) is 0 Å². The molecular formula is C22H20N2O. The highest BCUT2D eigenvalue weighted by molar-refractivity contribution is 5.92. The van der Waals surface area contributed by atoms with Crippen molar-refractivity contribution in [1.82, 2.24) is 10.3 Å². The Morgan fingerprint density at radius 1 is 0.960 bits per heavy atom. The first-order valence-corrected chi connectivity index (χ1v) is 8.26. The maximum atomic E-state index is 12.1. The predicted molar refractivity (Wildman–Crippen MR) is 102 cm³/mol. The average molecular weight is 328 g/mol. The quantitative estimate of drug-likeness (QED) is 0.693. The van der Waals surface area contributed by atoms with Crippen molar-refractivity contribution in [2.45, 2.75) is 13.0 Å². The van der Waals surface area contributed by atoms with E-state index in [0.717, 1.165) is 22.3 Å². The summed E-state index contributed by atoms with van der Waals surface area (Å²) in [5.41, 5.74) is 4.29. The van der Waals surface area contributed by atoms with Crippen molar-refractivity contribution < 1.29 is 4.79 Å². The zero-order valence-electron chi connectivity index (χ0n) is 14.1. The van der Waals surface area contributed by atoms with Crippen LogP contribution in [0.5, 0.6) is 0 Å². The molecule has 0 radical (unpaired) electrons. The van der Waals surface area contributed by atoms with Gasteiger partial charge in [-0.3, -0.25) is 9.78 Å².